The second kappa shape index (κ2) is 5.01. The van der Waals surface area contributed by atoms with Gasteiger partial charge in [0.2, 0.25) is 17.6 Å². The Labute approximate surface area is 121 Å². The maximum Gasteiger partial charge on any atom is 0.230 e. The highest BCUT2D eigenvalue weighted by Crippen LogP contribution is 2.40. The summed E-state index contributed by atoms with van der Waals surface area (Å²) in [5.41, 5.74) is 0.733. The van der Waals surface area contributed by atoms with Crippen molar-refractivity contribution in [3.8, 4) is 23.0 Å². The van der Waals surface area contributed by atoms with E-state index in [1.807, 2.05) is 42.5 Å². The SMILES string of the molecule is c1ccc(Oc2ncccc2-c2noc(C3CC3)n2)cc1. The van der Waals surface area contributed by atoms with Crippen molar-refractivity contribution in [2.45, 2.75) is 18.8 Å². The first-order valence-corrected chi connectivity index (χ1v) is 6.92. The van der Waals surface area contributed by atoms with E-state index in [1.54, 1.807) is 6.20 Å². The molecule has 2 aromatic heterocycles. The minimum atomic E-state index is 0.432. The minimum Gasteiger partial charge on any atom is -0.438 e. The lowest BCUT2D eigenvalue weighted by molar-refractivity contribution is 0.379. The zero-order valence-corrected chi connectivity index (χ0v) is 11.3. The Bertz CT molecular complexity index is 751. The molecule has 0 atom stereocenters. The standard InChI is InChI=1S/C16H13N3O2/c1-2-5-12(6-3-1)20-16-13(7-4-10-17-16)14-18-15(21-19-14)11-8-9-11/h1-7,10-11H,8-9H2. The Hall–Kier alpha value is -2.69. The fourth-order valence-electron chi connectivity index (χ4n) is 2.08. The fourth-order valence-corrected chi connectivity index (χ4v) is 2.08. The summed E-state index contributed by atoms with van der Waals surface area (Å²) in [6.45, 7) is 0. The van der Waals surface area contributed by atoms with Crippen LogP contribution >= 0.6 is 0 Å². The van der Waals surface area contributed by atoms with E-state index in [2.05, 4.69) is 15.1 Å². The molecule has 0 N–H and O–H groups in total. The Morgan fingerprint density at radius 2 is 1.90 bits per heavy atom. The fraction of sp³-hybridized carbons (Fsp3) is 0.188. The quantitative estimate of drug-likeness (QED) is 0.727. The van der Waals surface area contributed by atoms with Gasteiger partial charge < -0.3 is 9.26 Å². The molecule has 0 radical (unpaired) electrons. The Kier molecular flexibility index (Phi) is 2.88. The summed E-state index contributed by atoms with van der Waals surface area (Å²) in [6.07, 6.45) is 3.94. The molecule has 104 valence electrons. The van der Waals surface area contributed by atoms with Gasteiger partial charge in [-0.2, -0.15) is 4.98 Å². The van der Waals surface area contributed by atoms with Gasteiger partial charge in [0.05, 0.1) is 5.56 Å². The van der Waals surface area contributed by atoms with E-state index in [9.17, 15) is 0 Å². The first kappa shape index (κ1) is 12.1. The lowest BCUT2D eigenvalue weighted by Crippen LogP contribution is -1.92. The van der Waals surface area contributed by atoms with Gasteiger partial charge in [-0.25, -0.2) is 4.98 Å². The van der Waals surface area contributed by atoms with Crippen LogP contribution in [0, 0.1) is 0 Å². The number of pyridine rings is 1. The van der Waals surface area contributed by atoms with Crippen molar-refractivity contribution in [2.75, 3.05) is 0 Å². The zero-order chi connectivity index (χ0) is 14.1. The minimum absolute atomic E-state index is 0.432. The van der Waals surface area contributed by atoms with E-state index in [0.717, 1.165) is 24.2 Å². The molecule has 5 nitrogen and oxygen atoms in total. The number of ether oxygens (including phenoxy) is 1. The van der Waals surface area contributed by atoms with Crippen LogP contribution in [-0.4, -0.2) is 15.1 Å². The van der Waals surface area contributed by atoms with Gasteiger partial charge >= 0.3 is 0 Å². The van der Waals surface area contributed by atoms with E-state index in [0.29, 0.717) is 23.5 Å². The molecule has 1 saturated carbocycles. The van der Waals surface area contributed by atoms with E-state index >= 15 is 0 Å². The van der Waals surface area contributed by atoms with Gasteiger partial charge in [0.15, 0.2) is 0 Å². The summed E-state index contributed by atoms with van der Waals surface area (Å²) in [5, 5.41) is 4.04. The summed E-state index contributed by atoms with van der Waals surface area (Å²) < 4.78 is 11.1. The molecule has 0 amide bonds. The molecule has 5 heteroatoms. The summed E-state index contributed by atoms with van der Waals surface area (Å²) in [5.74, 6) is 2.87. The highest BCUT2D eigenvalue weighted by molar-refractivity contribution is 5.61. The van der Waals surface area contributed by atoms with Crippen molar-refractivity contribution >= 4 is 0 Å². The van der Waals surface area contributed by atoms with Crippen molar-refractivity contribution in [2.24, 2.45) is 0 Å². The smallest absolute Gasteiger partial charge is 0.230 e. The van der Waals surface area contributed by atoms with Gasteiger partial charge in [-0.3, -0.25) is 0 Å². The second-order valence-electron chi connectivity index (χ2n) is 5.00. The first-order chi connectivity index (χ1) is 10.4. The van der Waals surface area contributed by atoms with Gasteiger partial charge in [0, 0.05) is 12.1 Å². The van der Waals surface area contributed by atoms with Crippen molar-refractivity contribution in [1.82, 2.24) is 15.1 Å². The molecule has 0 spiro atoms. The van der Waals surface area contributed by atoms with Crippen molar-refractivity contribution in [3.63, 3.8) is 0 Å². The molecule has 1 aromatic carbocycles. The van der Waals surface area contributed by atoms with Crippen LogP contribution in [0.25, 0.3) is 11.4 Å². The van der Waals surface area contributed by atoms with Gasteiger partial charge in [-0.15, -0.1) is 0 Å². The van der Waals surface area contributed by atoms with E-state index in [4.69, 9.17) is 9.26 Å². The van der Waals surface area contributed by atoms with E-state index < -0.39 is 0 Å². The third-order valence-corrected chi connectivity index (χ3v) is 3.34. The van der Waals surface area contributed by atoms with Crippen LogP contribution in [0.1, 0.15) is 24.7 Å². The van der Waals surface area contributed by atoms with Gasteiger partial charge in [-0.05, 0) is 37.1 Å². The summed E-state index contributed by atoms with van der Waals surface area (Å²) in [7, 11) is 0. The number of para-hydroxylation sites is 1. The molecular formula is C16H13N3O2. The molecule has 0 aliphatic heterocycles. The molecule has 3 aromatic rings. The third-order valence-electron chi connectivity index (χ3n) is 3.34. The monoisotopic (exact) mass is 279 g/mol. The highest BCUT2D eigenvalue weighted by Gasteiger charge is 2.30. The number of benzene rings is 1. The number of hydrogen-bond acceptors (Lipinski definition) is 5. The molecule has 0 bridgehead atoms. The molecule has 0 unspecified atom stereocenters. The topological polar surface area (TPSA) is 61.0 Å². The van der Waals surface area contributed by atoms with Crippen LogP contribution in [0.4, 0.5) is 0 Å². The number of aromatic nitrogens is 3. The van der Waals surface area contributed by atoms with Crippen molar-refractivity contribution < 1.29 is 9.26 Å². The average molecular weight is 279 g/mol. The lowest BCUT2D eigenvalue weighted by atomic mass is 10.2. The number of rotatable bonds is 4. The third kappa shape index (κ3) is 2.50. The molecule has 21 heavy (non-hydrogen) atoms. The molecule has 2 heterocycles. The Balaban J connectivity index is 1.68. The van der Waals surface area contributed by atoms with Gasteiger partial charge in [0.1, 0.15) is 5.75 Å². The average Bonchev–Trinajstić information content (AvgIpc) is 3.27. The first-order valence-electron chi connectivity index (χ1n) is 6.92. The maximum atomic E-state index is 5.82. The normalized spacial score (nSPS) is 14.1. The molecule has 1 fully saturated rings. The van der Waals surface area contributed by atoms with E-state index in [-0.39, 0.29) is 0 Å². The van der Waals surface area contributed by atoms with Crippen molar-refractivity contribution in [1.29, 1.82) is 0 Å². The Morgan fingerprint density at radius 3 is 2.71 bits per heavy atom. The molecule has 1 aliphatic rings. The summed E-state index contributed by atoms with van der Waals surface area (Å²) in [4.78, 5) is 8.72. The predicted molar refractivity (Wildman–Crippen MR) is 76.0 cm³/mol. The lowest BCUT2D eigenvalue weighted by Gasteiger charge is -2.06. The molecule has 0 saturated heterocycles. The second-order valence-corrected chi connectivity index (χ2v) is 5.00. The molecule has 1 aliphatic carbocycles. The zero-order valence-electron chi connectivity index (χ0n) is 11.3. The maximum absolute atomic E-state index is 5.82. The van der Waals surface area contributed by atoms with Crippen LogP contribution in [0.5, 0.6) is 11.6 Å². The Morgan fingerprint density at radius 1 is 1.05 bits per heavy atom. The highest BCUT2D eigenvalue weighted by atomic mass is 16.5. The molecular weight excluding hydrogens is 266 g/mol. The molecule has 4 rings (SSSR count). The van der Waals surface area contributed by atoms with Crippen molar-refractivity contribution in [3.05, 3.63) is 54.6 Å². The largest absolute Gasteiger partial charge is 0.438 e. The van der Waals surface area contributed by atoms with Gasteiger partial charge in [-0.1, -0.05) is 23.4 Å². The summed E-state index contributed by atoms with van der Waals surface area (Å²) in [6, 6.07) is 13.2. The van der Waals surface area contributed by atoms with Gasteiger partial charge in [0.25, 0.3) is 0 Å². The number of nitrogens with zero attached hydrogens (tertiary/aromatic N) is 3. The van der Waals surface area contributed by atoms with Crippen LogP contribution in [-0.2, 0) is 0 Å². The van der Waals surface area contributed by atoms with Crippen LogP contribution in [0.15, 0.2) is 53.2 Å². The summed E-state index contributed by atoms with van der Waals surface area (Å²) >= 11 is 0. The van der Waals surface area contributed by atoms with Crippen LogP contribution < -0.4 is 4.74 Å². The van der Waals surface area contributed by atoms with Crippen LogP contribution in [0.2, 0.25) is 0 Å². The predicted octanol–water partition coefficient (Wildman–Crippen LogP) is 3.80. The van der Waals surface area contributed by atoms with Crippen LogP contribution in [0.3, 0.4) is 0 Å². The number of hydrogen-bond donors (Lipinski definition) is 0. The van der Waals surface area contributed by atoms with E-state index in [1.165, 1.54) is 0 Å².